The van der Waals surface area contributed by atoms with Gasteiger partial charge in [-0.2, -0.15) is 5.10 Å². The van der Waals surface area contributed by atoms with E-state index in [1.54, 1.807) is 12.1 Å². The summed E-state index contributed by atoms with van der Waals surface area (Å²) < 4.78 is 15.1. The molecule has 0 spiro atoms. The molecule has 0 radical (unpaired) electrons. The van der Waals surface area contributed by atoms with Crippen molar-refractivity contribution in [2.45, 2.75) is 18.8 Å². The molecule has 1 aliphatic heterocycles. The molecule has 3 rings (SSSR count). The number of aryl methyl sites for hydroxylation is 1. The van der Waals surface area contributed by atoms with Crippen molar-refractivity contribution in [3.05, 3.63) is 53.6 Å². The Bertz CT molecular complexity index is 715. The Morgan fingerprint density at radius 1 is 1.44 bits per heavy atom. The molecule has 1 aromatic carbocycles. The van der Waals surface area contributed by atoms with Crippen molar-refractivity contribution in [2.24, 2.45) is 12.0 Å². The van der Waals surface area contributed by atoms with E-state index in [4.69, 9.17) is 0 Å². The highest BCUT2D eigenvalue weighted by Gasteiger charge is 2.26. The first-order valence-electron chi connectivity index (χ1n) is 8.34. The van der Waals surface area contributed by atoms with Crippen LogP contribution in [0.1, 0.15) is 23.5 Å². The summed E-state index contributed by atoms with van der Waals surface area (Å²) in [6.07, 6.45) is 5.93. The Kier molecular flexibility index (Phi) is 7.22. The number of nitrogens with one attached hydrogen (secondary N) is 1. The fourth-order valence-corrected chi connectivity index (χ4v) is 3.22. The number of guanidine groups is 1. The summed E-state index contributed by atoms with van der Waals surface area (Å²) in [7, 11) is 3.75. The van der Waals surface area contributed by atoms with Crippen LogP contribution in [0.5, 0.6) is 0 Å². The molecule has 1 fully saturated rings. The first-order valence-corrected chi connectivity index (χ1v) is 8.34. The minimum atomic E-state index is -0.185. The van der Waals surface area contributed by atoms with Crippen LogP contribution in [0, 0.1) is 5.82 Å². The van der Waals surface area contributed by atoms with Crippen molar-refractivity contribution in [1.82, 2.24) is 20.0 Å². The monoisotopic (exact) mass is 457 g/mol. The van der Waals surface area contributed by atoms with E-state index in [9.17, 15) is 4.39 Å². The molecule has 1 aliphatic rings. The quantitative estimate of drug-likeness (QED) is 0.437. The lowest BCUT2D eigenvalue weighted by Gasteiger charge is -2.21. The summed E-state index contributed by atoms with van der Waals surface area (Å²) in [5.74, 6) is 1.23. The minimum Gasteiger partial charge on any atom is -0.356 e. The average Bonchev–Trinajstić information content (AvgIpc) is 3.20. The maximum atomic E-state index is 13.2. The molecule has 7 heteroatoms. The van der Waals surface area contributed by atoms with Crippen LogP contribution < -0.4 is 5.32 Å². The SMILES string of the molecule is CN=C(NCCc1cccc(F)c1)N1CCC(c2cnn(C)c2)C1.I. The molecule has 25 heavy (non-hydrogen) atoms. The molecular weight excluding hydrogens is 432 g/mol. The number of hydrogen-bond donors (Lipinski definition) is 1. The zero-order valence-corrected chi connectivity index (χ0v) is 17.0. The van der Waals surface area contributed by atoms with Crippen molar-refractivity contribution in [3.63, 3.8) is 0 Å². The van der Waals surface area contributed by atoms with E-state index in [1.807, 2.05) is 31.0 Å². The smallest absolute Gasteiger partial charge is 0.193 e. The highest BCUT2D eigenvalue weighted by molar-refractivity contribution is 14.0. The Hall–Kier alpha value is -1.64. The van der Waals surface area contributed by atoms with Crippen LogP contribution in [0.15, 0.2) is 41.7 Å². The molecular formula is C18H25FIN5. The number of likely N-dealkylation sites (tertiary alicyclic amines) is 1. The molecule has 136 valence electrons. The van der Waals surface area contributed by atoms with Crippen LogP contribution in [0.3, 0.4) is 0 Å². The predicted molar refractivity (Wildman–Crippen MR) is 109 cm³/mol. The van der Waals surface area contributed by atoms with Crippen molar-refractivity contribution in [2.75, 3.05) is 26.7 Å². The van der Waals surface area contributed by atoms with Gasteiger partial charge in [0.25, 0.3) is 0 Å². The summed E-state index contributed by atoms with van der Waals surface area (Å²) in [5, 5.41) is 7.65. The van der Waals surface area contributed by atoms with Gasteiger partial charge in [-0.25, -0.2) is 4.39 Å². The van der Waals surface area contributed by atoms with Crippen LogP contribution in [0.25, 0.3) is 0 Å². The molecule has 1 N–H and O–H groups in total. The molecule has 1 unspecified atom stereocenters. The third-order valence-corrected chi connectivity index (χ3v) is 4.48. The summed E-state index contributed by atoms with van der Waals surface area (Å²) in [4.78, 5) is 6.67. The van der Waals surface area contributed by atoms with Gasteiger partial charge in [0, 0.05) is 45.8 Å². The Morgan fingerprint density at radius 3 is 2.96 bits per heavy atom. The number of hydrogen-bond acceptors (Lipinski definition) is 2. The Morgan fingerprint density at radius 2 is 2.28 bits per heavy atom. The standard InChI is InChI=1S/C18H24FN5.HI/c1-20-18(21-8-6-14-4-3-5-17(19)10-14)24-9-7-15(13-24)16-11-22-23(2)12-16;/h3-5,10-12,15H,6-9,13H2,1-2H3,(H,20,21);1H. The normalized spacial score (nSPS) is 17.5. The molecule has 5 nitrogen and oxygen atoms in total. The van der Waals surface area contributed by atoms with Crippen LogP contribution in [-0.2, 0) is 13.5 Å². The second-order valence-corrected chi connectivity index (χ2v) is 6.23. The predicted octanol–water partition coefficient (Wildman–Crippen LogP) is 2.78. The van der Waals surface area contributed by atoms with E-state index in [0.717, 1.165) is 44.0 Å². The molecule has 1 atom stereocenters. The third kappa shape index (κ3) is 5.17. The Labute approximate surface area is 165 Å². The molecule has 0 bridgehead atoms. The van der Waals surface area contributed by atoms with Crippen molar-refractivity contribution < 1.29 is 4.39 Å². The van der Waals surface area contributed by atoms with Gasteiger partial charge < -0.3 is 10.2 Å². The fraction of sp³-hybridized carbons (Fsp3) is 0.444. The van der Waals surface area contributed by atoms with Gasteiger partial charge >= 0.3 is 0 Å². The third-order valence-electron chi connectivity index (χ3n) is 4.48. The number of nitrogens with zero attached hydrogens (tertiary/aromatic N) is 4. The molecule has 2 heterocycles. The number of aromatic nitrogens is 2. The summed E-state index contributed by atoms with van der Waals surface area (Å²) in [6, 6.07) is 6.75. The molecule has 0 aliphatic carbocycles. The lowest BCUT2D eigenvalue weighted by molar-refractivity contribution is 0.486. The van der Waals surface area contributed by atoms with Crippen LogP contribution in [-0.4, -0.2) is 47.3 Å². The van der Waals surface area contributed by atoms with Gasteiger partial charge in [0.2, 0.25) is 0 Å². The maximum absolute atomic E-state index is 13.2. The van der Waals surface area contributed by atoms with E-state index in [-0.39, 0.29) is 29.8 Å². The molecule has 2 aromatic rings. The topological polar surface area (TPSA) is 45.5 Å². The van der Waals surface area contributed by atoms with Crippen molar-refractivity contribution in [3.8, 4) is 0 Å². The summed E-state index contributed by atoms with van der Waals surface area (Å²) in [5.41, 5.74) is 2.28. The average molecular weight is 457 g/mol. The van der Waals surface area contributed by atoms with Gasteiger partial charge in [0.1, 0.15) is 5.82 Å². The lowest BCUT2D eigenvalue weighted by atomic mass is 10.0. The summed E-state index contributed by atoms with van der Waals surface area (Å²) >= 11 is 0. The van der Waals surface area contributed by atoms with Crippen LogP contribution in [0.4, 0.5) is 4.39 Å². The van der Waals surface area contributed by atoms with Gasteiger partial charge in [-0.1, -0.05) is 12.1 Å². The van der Waals surface area contributed by atoms with E-state index in [0.29, 0.717) is 5.92 Å². The fourth-order valence-electron chi connectivity index (χ4n) is 3.22. The molecule has 0 saturated carbocycles. The molecule has 0 amide bonds. The minimum absolute atomic E-state index is 0. The van der Waals surface area contributed by atoms with Crippen LogP contribution >= 0.6 is 24.0 Å². The number of aliphatic imine (C=N–C) groups is 1. The van der Waals surface area contributed by atoms with E-state index in [2.05, 4.69) is 26.5 Å². The number of halogens is 2. The van der Waals surface area contributed by atoms with Gasteiger partial charge in [-0.05, 0) is 36.1 Å². The zero-order valence-electron chi connectivity index (χ0n) is 14.7. The van der Waals surface area contributed by atoms with E-state index < -0.39 is 0 Å². The first kappa shape index (κ1) is 19.7. The Balaban J connectivity index is 0.00000225. The van der Waals surface area contributed by atoms with Crippen molar-refractivity contribution >= 4 is 29.9 Å². The highest BCUT2D eigenvalue weighted by atomic mass is 127. The van der Waals surface area contributed by atoms with Gasteiger partial charge in [0.05, 0.1) is 6.20 Å². The first-order chi connectivity index (χ1) is 11.7. The molecule has 1 aromatic heterocycles. The number of benzene rings is 1. The maximum Gasteiger partial charge on any atom is 0.193 e. The van der Waals surface area contributed by atoms with Gasteiger partial charge in [-0.15, -0.1) is 24.0 Å². The summed E-state index contributed by atoms with van der Waals surface area (Å²) in [6.45, 7) is 2.68. The van der Waals surface area contributed by atoms with E-state index >= 15 is 0 Å². The van der Waals surface area contributed by atoms with Crippen molar-refractivity contribution in [1.29, 1.82) is 0 Å². The largest absolute Gasteiger partial charge is 0.356 e. The molecule has 1 saturated heterocycles. The lowest BCUT2D eigenvalue weighted by Crippen LogP contribution is -2.40. The van der Waals surface area contributed by atoms with Crippen LogP contribution in [0.2, 0.25) is 0 Å². The van der Waals surface area contributed by atoms with E-state index in [1.165, 1.54) is 11.6 Å². The second kappa shape index (κ2) is 9.17. The number of rotatable bonds is 4. The van der Waals surface area contributed by atoms with Gasteiger partial charge in [0.15, 0.2) is 5.96 Å². The zero-order chi connectivity index (χ0) is 16.9. The highest BCUT2D eigenvalue weighted by Crippen LogP contribution is 2.26. The second-order valence-electron chi connectivity index (χ2n) is 6.23. The van der Waals surface area contributed by atoms with Gasteiger partial charge in [-0.3, -0.25) is 9.67 Å².